The molecule has 0 radical (unpaired) electrons. The van der Waals surface area contributed by atoms with Gasteiger partial charge in [0.05, 0.1) is 23.8 Å². The maximum absolute atomic E-state index is 13.7. The van der Waals surface area contributed by atoms with Crippen LogP contribution in [0.1, 0.15) is 49.8 Å². The Kier molecular flexibility index (Phi) is 4.77. The molecule has 0 saturated heterocycles. The second-order valence-corrected chi connectivity index (χ2v) is 6.04. The third-order valence-electron chi connectivity index (χ3n) is 4.02. The molecule has 0 aliphatic heterocycles. The van der Waals surface area contributed by atoms with E-state index in [-0.39, 0.29) is 5.82 Å². The Morgan fingerprint density at radius 2 is 2.10 bits per heavy atom. The number of benzene rings is 1. The fourth-order valence-electron chi connectivity index (χ4n) is 2.77. The van der Waals surface area contributed by atoms with Crippen molar-refractivity contribution in [3.05, 3.63) is 34.6 Å². The Hall–Kier alpha value is -1.40. The van der Waals surface area contributed by atoms with E-state index in [9.17, 15) is 4.39 Å². The van der Waals surface area contributed by atoms with Gasteiger partial charge in [0.1, 0.15) is 5.82 Å². The van der Waals surface area contributed by atoms with Gasteiger partial charge in [0.15, 0.2) is 0 Å². The van der Waals surface area contributed by atoms with E-state index in [1.165, 1.54) is 0 Å². The lowest BCUT2D eigenvalue weighted by molar-refractivity contribution is -0.0632. The molecule has 1 aliphatic rings. The first-order valence-electron chi connectivity index (χ1n) is 7.34. The molecule has 1 fully saturated rings. The van der Waals surface area contributed by atoms with Crippen LogP contribution in [0, 0.1) is 30.0 Å². The van der Waals surface area contributed by atoms with E-state index in [0.717, 1.165) is 31.2 Å². The maximum atomic E-state index is 13.7. The van der Waals surface area contributed by atoms with E-state index in [4.69, 9.17) is 10.00 Å². The third-order valence-corrected chi connectivity index (χ3v) is 4.02. The van der Waals surface area contributed by atoms with Crippen LogP contribution in [0.5, 0.6) is 0 Å². The number of aryl methyl sites for hydroxylation is 1. The highest BCUT2D eigenvalue weighted by atomic mass is 19.1. The first kappa shape index (κ1) is 15.0. The summed E-state index contributed by atoms with van der Waals surface area (Å²) < 4.78 is 19.4. The first-order valence-corrected chi connectivity index (χ1v) is 7.34. The van der Waals surface area contributed by atoms with Crippen molar-refractivity contribution in [3.63, 3.8) is 0 Å². The van der Waals surface area contributed by atoms with E-state index in [2.05, 4.69) is 19.9 Å². The van der Waals surface area contributed by atoms with Crippen molar-refractivity contribution in [1.82, 2.24) is 0 Å². The van der Waals surface area contributed by atoms with Crippen molar-refractivity contribution >= 4 is 0 Å². The van der Waals surface area contributed by atoms with Crippen molar-refractivity contribution in [2.75, 3.05) is 0 Å². The number of nitriles is 1. The van der Waals surface area contributed by atoms with Crippen LogP contribution >= 0.6 is 0 Å². The van der Waals surface area contributed by atoms with Gasteiger partial charge < -0.3 is 4.74 Å². The van der Waals surface area contributed by atoms with Gasteiger partial charge in [-0.3, -0.25) is 0 Å². The van der Waals surface area contributed by atoms with Crippen LogP contribution in [0.15, 0.2) is 12.1 Å². The highest BCUT2D eigenvalue weighted by Crippen LogP contribution is 2.34. The Balaban J connectivity index is 1.84. The van der Waals surface area contributed by atoms with Gasteiger partial charge in [0, 0.05) is 5.56 Å². The molecular weight excluding hydrogens is 253 g/mol. The number of nitrogens with zero attached hydrogens (tertiary/aromatic N) is 1. The molecule has 0 atom stereocenters. The van der Waals surface area contributed by atoms with Gasteiger partial charge in [-0.15, -0.1) is 0 Å². The van der Waals surface area contributed by atoms with Gasteiger partial charge >= 0.3 is 0 Å². The third kappa shape index (κ3) is 3.58. The summed E-state index contributed by atoms with van der Waals surface area (Å²) >= 11 is 0. The molecule has 1 aliphatic carbocycles. The second kappa shape index (κ2) is 6.37. The average Bonchev–Trinajstić information content (AvgIpc) is 2.35. The summed E-state index contributed by atoms with van der Waals surface area (Å²) in [6.45, 7) is 5.77. The van der Waals surface area contributed by atoms with Gasteiger partial charge in [-0.2, -0.15) is 5.26 Å². The zero-order chi connectivity index (χ0) is 14.7. The smallest absolute Gasteiger partial charge is 0.127 e. The monoisotopic (exact) mass is 275 g/mol. The van der Waals surface area contributed by atoms with Crippen LogP contribution < -0.4 is 0 Å². The molecule has 2 nitrogen and oxygen atoms in total. The molecule has 2 rings (SSSR count). The minimum absolute atomic E-state index is 0.270. The summed E-state index contributed by atoms with van der Waals surface area (Å²) in [6, 6.07) is 5.45. The number of hydrogen-bond acceptors (Lipinski definition) is 2. The lowest BCUT2D eigenvalue weighted by Gasteiger charge is -2.36. The molecule has 20 heavy (non-hydrogen) atoms. The van der Waals surface area contributed by atoms with Crippen LogP contribution in [0.25, 0.3) is 0 Å². The molecule has 0 heterocycles. The number of hydrogen-bond donors (Lipinski definition) is 0. The summed E-state index contributed by atoms with van der Waals surface area (Å²) in [5.74, 6) is 0.405. The molecule has 0 aromatic heterocycles. The van der Waals surface area contributed by atoms with Gasteiger partial charge in [0.2, 0.25) is 0 Å². The quantitative estimate of drug-likeness (QED) is 0.809. The molecule has 3 heteroatoms. The molecule has 108 valence electrons. The summed E-state index contributed by atoms with van der Waals surface area (Å²) in [7, 11) is 0. The standard InChI is InChI=1S/C17H22FNO/c1-11(2)20-16-7-14(8-16)5-4-13-6-15(10-19)12(3)17(18)9-13/h6,9,11,14,16H,4-5,7-8H2,1-3H3. The predicted octanol–water partition coefficient (Wildman–Crippen LogP) is 4.14. The molecule has 1 aromatic carbocycles. The van der Waals surface area contributed by atoms with Crippen molar-refractivity contribution < 1.29 is 9.13 Å². The maximum Gasteiger partial charge on any atom is 0.127 e. The minimum atomic E-state index is -0.270. The van der Waals surface area contributed by atoms with Crippen LogP contribution in [0.3, 0.4) is 0 Å². The van der Waals surface area contributed by atoms with Crippen molar-refractivity contribution in [2.24, 2.45) is 5.92 Å². The van der Waals surface area contributed by atoms with Crippen LogP contribution in [-0.4, -0.2) is 12.2 Å². The lowest BCUT2D eigenvalue weighted by atomic mass is 9.78. The summed E-state index contributed by atoms with van der Waals surface area (Å²) in [6.07, 6.45) is 4.81. The Labute approximate surface area is 120 Å². The molecule has 0 unspecified atom stereocenters. The van der Waals surface area contributed by atoms with Crippen LogP contribution in [0.4, 0.5) is 4.39 Å². The highest BCUT2D eigenvalue weighted by Gasteiger charge is 2.29. The molecule has 0 bridgehead atoms. The topological polar surface area (TPSA) is 33.0 Å². The summed E-state index contributed by atoms with van der Waals surface area (Å²) in [4.78, 5) is 0. The zero-order valence-electron chi connectivity index (χ0n) is 12.4. The largest absolute Gasteiger partial charge is 0.376 e. The fraction of sp³-hybridized carbons (Fsp3) is 0.588. The van der Waals surface area contributed by atoms with Crippen molar-refractivity contribution in [3.8, 4) is 6.07 Å². The van der Waals surface area contributed by atoms with Gasteiger partial charge in [-0.25, -0.2) is 4.39 Å². The van der Waals surface area contributed by atoms with E-state index in [1.807, 2.05) is 6.07 Å². The number of ether oxygens (including phenoxy) is 1. The normalized spacial score (nSPS) is 21.6. The minimum Gasteiger partial charge on any atom is -0.376 e. The summed E-state index contributed by atoms with van der Waals surface area (Å²) in [5, 5.41) is 8.99. The Bertz CT molecular complexity index is 512. The molecule has 0 amide bonds. The average molecular weight is 275 g/mol. The molecule has 1 aromatic rings. The van der Waals surface area contributed by atoms with E-state index in [1.54, 1.807) is 13.0 Å². The Morgan fingerprint density at radius 1 is 1.40 bits per heavy atom. The summed E-state index contributed by atoms with van der Waals surface area (Å²) in [5.41, 5.74) is 1.83. The van der Waals surface area contributed by atoms with Crippen molar-refractivity contribution in [2.45, 2.75) is 58.7 Å². The molecular formula is C17H22FNO. The lowest BCUT2D eigenvalue weighted by Crippen LogP contribution is -2.33. The zero-order valence-corrected chi connectivity index (χ0v) is 12.4. The molecule has 1 saturated carbocycles. The molecule has 0 spiro atoms. The van der Waals surface area contributed by atoms with Gasteiger partial charge in [-0.1, -0.05) is 0 Å². The van der Waals surface area contributed by atoms with Crippen LogP contribution in [-0.2, 0) is 11.2 Å². The number of rotatable bonds is 5. The number of halogens is 1. The second-order valence-electron chi connectivity index (χ2n) is 6.04. The predicted molar refractivity (Wildman–Crippen MR) is 76.9 cm³/mol. The fourth-order valence-corrected chi connectivity index (χ4v) is 2.77. The SMILES string of the molecule is Cc1c(F)cc(CCC2CC(OC(C)C)C2)cc1C#N. The molecule has 0 N–H and O–H groups in total. The van der Waals surface area contributed by atoms with Gasteiger partial charge in [-0.05, 0) is 70.1 Å². The van der Waals surface area contributed by atoms with Gasteiger partial charge in [0.25, 0.3) is 0 Å². The highest BCUT2D eigenvalue weighted by molar-refractivity contribution is 5.40. The van der Waals surface area contributed by atoms with E-state index < -0.39 is 0 Å². The Morgan fingerprint density at radius 3 is 2.70 bits per heavy atom. The van der Waals surface area contributed by atoms with E-state index >= 15 is 0 Å². The first-order chi connectivity index (χ1) is 9.49. The van der Waals surface area contributed by atoms with E-state index in [0.29, 0.717) is 29.3 Å². The van der Waals surface area contributed by atoms with Crippen LogP contribution in [0.2, 0.25) is 0 Å². The van der Waals surface area contributed by atoms with Crippen molar-refractivity contribution in [1.29, 1.82) is 5.26 Å².